The van der Waals surface area contributed by atoms with E-state index >= 15 is 0 Å². The molecule has 0 aromatic heterocycles. The molecule has 0 unspecified atom stereocenters. The van der Waals surface area contributed by atoms with Crippen molar-refractivity contribution in [1.82, 2.24) is 0 Å². The van der Waals surface area contributed by atoms with Crippen molar-refractivity contribution in [2.24, 2.45) is 0 Å². The van der Waals surface area contributed by atoms with Gasteiger partial charge >= 0.3 is 0 Å². The average molecular weight is 257 g/mol. The van der Waals surface area contributed by atoms with Crippen LogP contribution in [0.3, 0.4) is 0 Å². The summed E-state index contributed by atoms with van der Waals surface area (Å²) in [5.41, 5.74) is 0.509. The molecule has 0 aliphatic heterocycles. The zero-order valence-corrected chi connectivity index (χ0v) is 11.1. The Balaban J connectivity index is 2.83. The van der Waals surface area contributed by atoms with Crippen LogP contribution in [0.25, 0.3) is 0 Å². The molecule has 5 heteroatoms. The second-order valence-corrected chi connectivity index (χ2v) is 5.61. The fraction of sp³-hybridized carbons (Fsp3) is 0.500. The first kappa shape index (κ1) is 13.8. The van der Waals surface area contributed by atoms with E-state index in [0.717, 1.165) is 6.42 Å². The normalized spacial score (nSPS) is 11.2. The first-order valence-electron chi connectivity index (χ1n) is 5.81. The molecule has 0 fully saturated rings. The van der Waals surface area contributed by atoms with Crippen molar-refractivity contribution < 1.29 is 13.2 Å². The predicted octanol–water partition coefficient (Wildman–Crippen LogP) is 2.63. The highest BCUT2D eigenvalue weighted by Crippen LogP contribution is 2.25. The van der Waals surface area contributed by atoms with Crippen LogP contribution in [-0.2, 0) is 10.0 Å². The number of sulfonamides is 1. The highest BCUT2D eigenvalue weighted by atomic mass is 32.2. The minimum atomic E-state index is -3.26. The van der Waals surface area contributed by atoms with Crippen molar-refractivity contribution in [2.75, 3.05) is 17.1 Å². The summed E-state index contributed by atoms with van der Waals surface area (Å²) in [6.45, 7) is 4.41. The van der Waals surface area contributed by atoms with Gasteiger partial charge in [0.2, 0.25) is 10.0 Å². The maximum Gasteiger partial charge on any atom is 0.232 e. The molecule has 96 valence electrons. The number of nitrogens with one attached hydrogen (secondary N) is 1. The van der Waals surface area contributed by atoms with E-state index < -0.39 is 10.0 Å². The lowest BCUT2D eigenvalue weighted by atomic mass is 10.3. The van der Waals surface area contributed by atoms with E-state index in [4.69, 9.17) is 4.74 Å². The number of benzene rings is 1. The number of anilines is 1. The van der Waals surface area contributed by atoms with Gasteiger partial charge in [0.25, 0.3) is 0 Å². The zero-order chi connectivity index (χ0) is 12.7. The van der Waals surface area contributed by atoms with Crippen molar-refractivity contribution in [2.45, 2.75) is 26.7 Å². The van der Waals surface area contributed by atoms with Gasteiger partial charge in [-0.15, -0.1) is 0 Å². The molecule has 1 N–H and O–H groups in total. The van der Waals surface area contributed by atoms with Crippen molar-refractivity contribution in [3.63, 3.8) is 0 Å². The Morgan fingerprint density at radius 1 is 1.18 bits per heavy atom. The van der Waals surface area contributed by atoms with E-state index in [9.17, 15) is 8.42 Å². The second-order valence-electron chi connectivity index (χ2n) is 3.77. The molecular weight excluding hydrogens is 238 g/mol. The molecule has 1 aromatic rings. The maximum atomic E-state index is 11.7. The standard InChI is InChI=1S/C12H19NO3S/c1-3-9-16-12-8-6-5-7-11(12)13-17(14,15)10-4-2/h5-8,13H,3-4,9-10H2,1-2H3. The maximum absolute atomic E-state index is 11.7. The largest absolute Gasteiger partial charge is 0.491 e. The highest BCUT2D eigenvalue weighted by molar-refractivity contribution is 7.92. The molecule has 0 saturated heterocycles. The van der Waals surface area contributed by atoms with Crippen LogP contribution >= 0.6 is 0 Å². The summed E-state index contributed by atoms with van der Waals surface area (Å²) in [6, 6.07) is 7.07. The second kappa shape index (κ2) is 6.49. The summed E-state index contributed by atoms with van der Waals surface area (Å²) >= 11 is 0. The van der Waals surface area contributed by atoms with Crippen LogP contribution < -0.4 is 9.46 Å². The fourth-order valence-corrected chi connectivity index (χ4v) is 2.52. The Bertz CT molecular complexity index is 443. The zero-order valence-electron chi connectivity index (χ0n) is 10.3. The third-order valence-corrected chi connectivity index (χ3v) is 3.56. The first-order chi connectivity index (χ1) is 8.09. The lowest BCUT2D eigenvalue weighted by molar-refractivity contribution is 0.319. The number of hydrogen-bond acceptors (Lipinski definition) is 3. The van der Waals surface area contributed by atoms with Gasteiger partial charge in [0.1, 0.15) is 5.75 Å². The number of ether oxygens (including phenoxy) is 1. The summed E-state index contributed by atoms with van der Waals surface area (Å²) in [7, 11) is -3.26. The summed E-state index contributed by atoms with van der Waals surface area (Å²) in [5.74, 6) is 0.698. The minimum absolute atomic E-state index is 0.120. The van der Waals surface area contributed by atoms with Crippen LogP contribution in [-0.4, -0.2) is 20.8 Å². The third kappa shape index (κ3) is 4.65. The Kier molecular flexibility index (Phi) is 5.28. The molecule has 0 aliphatic carbocycles. The van der Waals surface area contributed by atoms with E-state index in [1.807, 2.05) is 19.9 Å². The van der Waals surface area contributed by atoms with Gasteiger partial charge in [-0.25, -0.2) is 8.42 Å². The van der Waals surface area contributed by atoms with Crippen LogP contribution in [0.5, 0.6) is 5.75 Å². The van der Waals surface area contributed by atoms with Crippen molar-refractivity contribution in [3.05, 3.63) is 24.3 Å². The Morgan fingerprint density at radius 3 is 2.53 bits per heavy atom. The first-order valence-corrected chi connectivity index (χ1v) is 7.46. The van der Waals surface area contributed by atoms with Crippen molar-refractivity contribution in [1.29, 1.82) is 0 Å². The van der Waals surface area contributed by atoms with E-state index in [0.29, 0.717) is 24.5 Å². The Labute approximate surface area is 103 Å². The van der Waals surface area contributed by atoms with E-state index in [1.165, 1.54) is 0 Å². The third-order valence-electron chi connectivity index (χ3n) is 2.09. The summed E-state index contributed by atoms with van der Waals surface area (Å²) < 4.78 is 31.3. The van der Waals surface area contributed by atoms with E-state index in [-0.39, 0.29) is 5.75 Å². The van der Waals surface area contributed by atoms with Crippen molar-refractivity contribution in [3.8, 4) is 5.75 Å². The summed E-state index contributed by atoms with van der Waals surface area (Å²) in [4.78, 5) is 0. The Hall–Kier alpha value is -1.23. The summed E-state index contributed by atoms with van der Waals surface area (Å²) in [5, 5.41) is 0. The van der Waals surface area contributed by atoms with E-state index in [1.54, 1.807) is 18.2 Å². The quantitative estimate of drug-likeness (QED) is 0.817. The van der Waals surface area contributed by atoms with Gasteiger partial charge in [-0.05, 0) is 25.0 Å². The molecule has 0 bridgehead atoms. The topological polar surface area (TPSA) is 55.4 Å². The molecular formula is C12H19NO3S. The fourth-order valence-electron chi connectivity index (χ4n) is 1.38. The molecule has 1 aromatic carbocycles. The molecule has 0 aliphatic rings. The summed E-state index contributed by atoms with van der Waals surface area (Å²) in [6.07, 6.45) is 1.48. The molecule has 4 nitrogen and oxygen atoms in total. The van der Waals surface area contributed by atoms with Crippen LogP contribution in [0.2, 0.25) is 0 Å². The lowest BCUT2D eigenvalue weighted by Crippen LogP contribution is -2.16. The van der Waals surface area contributed by atoms with Gasteiger partial charge in [-0.3, -0.25) is 4.72 Å². The number of hydrogen-bond donors (Lipinski definition) is 1. The van der Waals surface area contributed by atoms with Crippen LogP contribution in [0.1, 0.15) is 26.7 Å². The van der Waals surface area contributed by atoms with Gasteiger partial charge in [-0.2, -0.15) is 0 Å². The van der Waals surface area contributed by atoms with E-state index in [2.05, 4.69) is 4.72 Å². The molecule has 0 heterocycles. The van der Waals surface area contributed by atoms with Crippen molar-refractivity contribution >= 4 is 15.7 Å². The smallest absolute Gasteiger partial charge is 0.232 e. The van der Waals surface area contributed by atoms with Crippen LogP contribution in [0.4, 0.5) is 5.69 Å². The number of rotatable bonds is 7. The van der Waals surface area contributed by atoms with Crippen LogP contribution in [0.15, 0.2) is 24.3 Å². The molecule has 17 heavy (non-hydrogen) atoms. The monoisotopic (exact) mass is 257 g/mol. The highest BCUT2D eigenvalue weighted by Gasteiger charge is 2.11. The van der Waals surface area contributed by atoms with Gasteiger partial charge in [0, 0.05) is 0 Å². The molecule has 0 radical (unpaired) electrons. The van der Waals surface area contributed by atoms with Gasteiger partial charge in [-0.1, -0.05) is 26.0 Å². The molecule has 0 amide bonds. The minimum Gasteiger partial charge on any atom is -0.491 e. The average Bonchev–Trinajstić information content (AvgIpc) is 2.27. The van der Waals surface area contributed by atoms with Crippen LogP contribution in [0, 0.1) is 0 Å². The predicted molar refractivity (Wildman–Crippen MR) is 69.9 cm³/mol. The Morgan fingerprint density at radius 2 is 1.88 bits per heavy atom. The number of para-hydroxylation sites is 2. The SMILES string of the molecule is CCCOc1ccccc1NS(=O)(=O)CCC. The molecule has 1 rings (SSSR count). The molecule has 0 saturated carbocycles. The van der Waals surface area contributed by atoms with Gasteiger partial charge < -0.3 is 4.74 Å². The van der Waals surface area contributed by atoms with Gasteiger partial charge in [0.05, 0.1) is 18.0 Å². The molecule has 0 atom stereocenters. The lowest BCUT2D eigenvalue weighted by Gasteiger charge is -2.12. The molecule has 0 spiro atoms. The van der Waals surface area contributed by atoms with Gasteiger partial charge in [0.15, 0.2) is 0 Å².